The predicted molar refractivity (Wildman–Crippen MR) is 174 cm³/mol. The van der Waals surface area contributed by atoms with Crippen LogP contribution >= 0.6 is 27.3 Å². The van der Waals surface area contributed by atoms with E-state index in [4.69, 9.17) is 4.74 Å². The Labute approximate surface area is 268 Å². The van der Waals surface area contributed by atoms with E-state index in [-0.39, 0.29) is 37.1 Å². The molecule has 43 heavy (non-hydrogen) atoms. The topological polar surface area (TPSA) is 121 Å². The normalized spacial score (nSPS) is 17.6. The molecule has 1 fully saturated rings. The highest BCUT2D eigenvalue weighted by Crippen LogP contribution is 2.28. The maximum Gasteiger partial charge on any atom is 0.246 e. The van der Waals surface area contributed by atoms with Crippen molar-refractivity contribution < 1.29 is 24.2 Å². The number of nitrogens with zero attached hydrogens (tertiary/aromatic N) is 2. The number of carbonyl (C=O) groups excluding carboxylic acids is 3. The van der Waals surface area contributed by atoms with Crippen LogP contribution in [0.4, 0.5) is 0 Å². The fourth-order valence-electron chi connectivity index (χ4n) is 5.10. The standard InChI is InChI=1S/C32H47BrN4O5S/c1-22-28(43-21-35-22)24-13-11-23(12-14-24)19-34-30(40)26-18-25(38)20-37(26)31(41)29(32(2,3)4)36-27(39)10-9-17-42-16-8-6-5-7-15-33/h11-14,21,25-26,29,38H,5-10,15-20H2,1-4H3,(H,34,40)(H,36,39)/t25-,26+,29?/m1/s1. The van der Waals surface area contributed by atoms with Gasteiger partial charge < -0.3 is 25.4 Å². The van der Waals surface area contributed by atoms with Crippen LogP contribution in [0.25, 0.3) is 10.4 Å². The van der Waals surface area contributed by atoms with Crippen molar-refractivity contribution in [1.29, 1.82) is 0 Å². The van der Waals surface area contributed by atoms with E-state index in [9.17, 15) is 19.5 Å². The van der Waals surface area contributed by atoms with Gasteiger partial charge in [-0.15, -0.1) is 11.3 Å². The first kappa shape index (κ1) is 35.1. The summed E-state index contributed by atoms with van der Waals surface area (Å²) in [5, 5.41) is 17.3. The molecule has 0 spiro atoms. The number of unbranched alkanes of at least 4 members (excludes halogenated alkanes) is 3. The smallest absolute Gasteiger partial charge is 0.246 e. The number of likely N-dealkylation sites (tertiary alicyclic amines) is 1. The molecule has 1 unspecified atom stereocenters. The molecule has 2 heterocycles. The quantitative estimate of drug-likeness (QED) is 0.170. The largest absolute Gasteiger partial charge is 0.391 e. The molecule has 0 radical (unpaired) electrons. The third-order valence-corrected chi connectivity index (χ3v) is 9.11. The molecular weight excluding hydrogens is 632 g/mol. The molecule has 238 valence electrons. The molecule has 3 amide bonds. The molecule has 3 atom stereocenters. The van der Waals surface area contributed by atoms with E-state index in [0.717, 1.165) is 39.9 Å². The SMILES string of the molecule is Cc1ncsc1-c1ccc(CNC(=O)[C@@H]2C[C@@H](O)CN2C(=O)C(NC(=O)CCCOCCCCCCBr)C(C)(C)C)cc1. The zero-order valence-corrected chi connectivity index (χ0v) is 28.3. The van der Waals surface area contributed by atoms with Gasteiger partial charge >= 0.3 is 0 Å². The summed E-state index contributed by atoms with van der Waals surface area (Å²) in [7, 11) is 0. The van der Waals surface area contributed by atoms with Crippen LogP contribution in [0.15, 0.2) is 29.8 Å². The number of carbonyl (C=O) groups is 3. The van der Waals surface area contributed by atoms with Crippen LogP contribution in [0.1, 0.15) is 77.0 Å². The number of hydrogen-bond donors (Lipinski definition) is 3. The first-order valence-electron chi connectivity index (χ1n) is 15.2. The van der Waals surface area contributed by atoms with E-state index in [2.05, 4.69) is 31.5 Å². The Morgan fingerprint density at radius 2 is 1.81 bits per heavy atom. The van der Waals surface area contributed by atoms with E-state index < -0.39 is 23.6 Å². The number of aryl methyl sites for hydroxylation is 1. The molecule has 0 saturated carbocycles. The number of thiazole rings is 1. The number of nitrogens with one attached hydrogen (secondary N) is 2. The third kappa shape index (κ3) is 11.0. The van der Waals surface area contributed by atoms with Gasteiger partial charge in [-0.25, -0.2) is 4.98 Å². The van der Waals surface area contributed by atoms with Gasteiger partial charge in [-0.3, -0.25) is 14.4 Å². The van der Waals surface area contributed by atoms with Crippen LogP contribution in [0.5, 0.6) is 0 Å². The third-order valence-electron chi connectivity index (χ3n) is 7.58. The van der Waals surface area contributed by atoms with Gasteiger partial charge in [-0.05, 0) is 42.7 Å². The molecule has 0 bridgehead atoms. The lowest BCUT2D eigenvalue weighted by Gasteiger charge is -2.35. The van der Waals surface area contributed by atoms with Crippen LogP contribution in [0.3, 0.4) is 0 Å². The van der Waals surface area contributed by atoms with E-state index in [1.165, 1.54) is 17.7 Å². The van der Waals surface area contributed by atoms with E-state index in [1.54, 1.807) is 11.3 Å². The van der Waals surface area contributed by atoms with Crippen molar-refractivity contribution in [2.24, 2.45) is 5.41 Å². The number of amides is 3. The molecule has 11 heteroatoms. The van der Waals surface area contributed by atoms with Gasteiger partial charge in [0.05, 0.1) is 22.2 Å². The lowest BCUT2D eigenvalue weighted by Crippen LogP contribution is -2.57. The summed E-state index contributed by atoms with van der Waals surface area (Å²) in [5.74, 6) is -0.913. The lowest BCUT2D eigenvalue weighted by atomic mass is 9.85. The highest BCUT2D eigenvalue weighted by molar-refractivity contribution is 9.09. The highest BCUT2D eigenvalue weighted by Gasteiger charge is 2.44. The van der Waals surface area contributed by atoms with Crippen molar-refractivity contribution >= 4 is 45.0 Å². The zero-order chi connectivity index (χ0) is 31.4. The molecule has 1 aromatic heterocycles. The summed E-state index contributed by atoms with van der Waals surface area (Å²) in [6.07, 6.45) is 4.64. The first-order valence-corrected chi connectivity index (χ1v) is 17.2. The number of halogens is 1. The summed E-state index contributed by atoms with van der Waals surface area (Å²) >= 11 is 5.02. The average molecular weight is 680 g/mol. The minimum atomic E-state index is -0.835. The van der Waals surface area contributed by atoms with Crippen molar-refractivity contribution in [3.63, 3.8) is 0 Å². The predicted octanol–water partition coefficient (Wildman–Crippen LogP) is 4.98. The molecule has 1 aliphatic rings. The van der Waals surface area contributed by atoms with Gasteiger partial charge in [0.2, 0.25) is 17.7 Å². The van der Waals surface area contributed by atoms with Gasteiger partial charge in [-0.2, -0.15) is 0 Å². The van der Waals surface area contributed by atoms with Gasteiger partial charge in [0.1, 0.15) is 12.1 Å². The fourth-order valence-corrected chi connectivity index (χ4v) is 6.31. The Morgan fingerprint density at radius 1 is 1.12 bits per heavy atom. The Hall–Kier alpha value is -2.34. The Balaban J connectivity index is 1.52. The van der Waals surface area contributed by atoms with Gasteiger partial charge in [0, 0.05) is 44.5 Å². The number of ether oxygens (including phenoxy) is 1. The lowest BCUT2D eigenvalue weighted by molar-refractivity contribution is -0.144. The summed E-state index contributed by atoms with van der Waals surface area (Å²) in [6.45, 7) is 9.15. The van der Waals surface area contributed by atoms with E-state index in [0.29, 0.717) is 26.2 Å². The number of hydrogen-bond acceptors (Lipinski definition) is 7. The molecule has 1 aromatic carbocycles. The molecule has 1 aliphatic heterocycles. The number of benzene rings is 1. The fraction of sp³-hybridized carbons (Fsp3) is 0.625. The van der Waals surface area contributed by atoms with Crippen molar-refractivity contribution in [3.05, 3.63) is 41.0 Å². The Kier molecular flexibility index (Phi) is 14.1. The van der Waals surface area contributed by atoms with Crippen molar-refractivity contribution in [2.45, 2.75) is 97.4 Å². The summed E-state index contributed by atoms with van der Waals surface area (Å²) in [6, 6.07) is 6.29. The summed E-state index contributed by atoms with van der Waals surface area (Å²) < 4.78 is 5.66. The molecule has 3 N–H and O–H groups in total. The number of aliphatic hydroxyl groups excluding tert-OH is 1. The van der Waals surface area contributed by atoms with Crippen LogP contribution in [-0.4, -0.2) is 76.0 Å². The number of β-amino-alcohol motifs (C(OH)–C–C–N with tert-alkyl or cyclic N) is 1. The zero-order valence-electron chi connectivity index (χ0n) is 25.9. The number of aromatic nitrogens is 1. The summed E-state index contributed by atoms with van der Waals surface area (Å²) in [4.78, 5) is 46.6. The first-order chi connectivity index (χ1) is 20.5. The van der Waals surface area contributed by atoms with Crippen LogP contribution in [-0.2, 0) is 25.7 Å². The molecule has 2 aromatic rings. The molecular formula is C32H47BrN4O5S. The monoisotopic (exact) mass is 678 g/mol. The molecule has 1 saturated heterocycles. The maximum atomic E-state index is 13.8. The van der Waals surface area contributed by atoms with Crippen LogP contribution in [0, 0.1) is 12.3 Å². The number of alkyl halides is 1. The second-order valence-electron chi connectivity index (χ2n) is 12.3. The van der Waals surface area contributed by atoms with Crippen molar-refractivity contribution in [1.82, 2.24) is 20.5 Å². The van der Waals surface area contributed by atoms with Crippen LogP contribution in [0.2, 0.25) is 0 Å². The van der Waals surface area contributed by atoms with Gasteiger partial charge in [-0.1, -0.05) is 73.8 Å². The average Bonchev–Trinajstić information content (AvgIpc) is 3.58. The highest BCUT2D eigenvalue weighted by atomic mass is 79.9. The van der Waals surface area contributed by atoms with E-state index >= 15 is 0 Å². The summed E-state index contributed by atoms with van der Waals surface area (Å²) in [5.41, 5.74) is 4.21. The second-order valence-corrected chi connectivity index (χ2v) is 13.9. The van der Waals surface area contributed by atoms with E-state index in [1.807, 2.05) is 57.5 Å². The Bertz CT molecular complexity index is 1180. The molecule has 0 aliphatic carbocycles. The second kappa shape index (κ2) is 17.2. The molecule has 3 rings (SSSR count). The van der Waals surface area contributed by atoms with Crippen molar-refractivity contribution in [2.75, 3.05) is 25.1 Å². The van der Waals surface area contributed by atoms with Crippen molar-refractivity contribution in [3.8, 4) is 10.4 Å². The minimum Gasteiger partial charge on any atom is -0.391 e. The van der Waals surface area contributed by atoms with Gasteiger partial charge in [0.25, 0.3) is 0 Å². The minimum absolute atomic E-state index is 0.0474. The molecule has 9 nitrogen and oxygen atoms in total. The number of aliphatic hydroxyl groups is 1. The van der Waals surface area contributed by atoms with Gasteiger partial charge in [0.15, 0.2) is 0 Å². The number of rotatable bonds is 16. The van der Waals surface area contributed by atoms with Crippen LogP contribution < -0.4 is 10.6 Å². The maximum absolute atomic E-state index is 13.8. The Morgan fingerprint density at radius 3 is 2.47 bits per heavy atom.